The van der Waals surface area contributed by atoms with Crippen molar-refractivity contribution in [3.05, 3.63) is 33.6 Å². The van der Waals surface area contributed by atoms with Crippen molar-refractivity contribution >= 4 is 28.3 Å². The average Bonchev–Trinajstić information content (AvgIpc) is 3.23. The van der Waals surface area contributed by atoms with Gasteiger partial charge in [0.05, 0.1) is 22.8 Å². The van der Waals surface area contributed by atoms with Crippen molar-refractivity contribution in [2.24, 2.45) is 0 Å². The van der Waals surface area contributed by atoms with Gasteiger partial charge in [0.2, 0.25) is 0 Å². The molecule has 0 bridgehead atoms. The highest BCUT2D eigenvalue weighted by atomic mass is 32.1. The number of aromatic nitrogens is 3. The number of likely N-dealkylation sites (tertiary alicyclic amines) is 1. The van der Waals surface area contributed by atoms with E-state index in [0.717, 1.165) is 47.2 Å². The van der Waals surface area contributed by atoms with Crippen LogP contribution in [0.1, 0.15) is 66.2 Å². The van der Waals surface area contributed by atoms with Crippen LogP contribution in [0.4, 0.5) is 0 Å². The smallest absolute Gasteiger partial charge is 0.254 e. The zero-order chi connectivity index (χ0) is 20.0. The number of hydrogen-bond acceptors (Lipinski definition) is 4. The maximum absolute atomic E-state index is 13.5. The second kappa shape index (κ2) is 7.32. The van der Waals surface area contributed by atoms with E-state index in [4.69, 9.17) is 4.98 Å². The molecular formula is C22H28N4OS. The Balaban J connectivity index is 1.91. The van der Waals surface area contributed by atoms with Crippen LogP contribution in [0, 0.1) is 13.8 Å². The summed E-state index contributed by atoms with van der Waals surface area (Å²) in [5.41, 5.74) is 3.50. The molecule has 4 rings (SSSR count). The van der Waals surface area contributed by atoms with Gasteiger partial charge in [0.25, 0.3) is 5.91 Å². The fraction of sp³-hybridized carbons (Fsp3) is 0.500. The highest BCUT2D eigenvalue weighted by Gasteiger charge is 2.27. The topological polar surface area (TPSA) is 51.0 Å². The van der Waals surface area contributed by atoms with Gasteiger partial charge >= 0.3 is 0 Å². The highest BCUT2D eigenvalue weighted by Crippen LogP contribution is 2.33. The molecule has 5 nitrogen and oxygen atoms in total. The Bertz CT molecular complexity index is 1030. The zero-order valence-electron chi connectivity index (χ0n) is 17.3. The summed E-state index contributed by atoms with van der Waals surface area (Å²) in [6.07, 6.45) is 5.15. The minimum Gasteiger partial charge on any atom is -0.336 e. The zero-order valence-corrected chi connectivity index (χ0v) is 18.1. The van der Waals surface area contributed by atoms with Gasteiger partial charge < -0.3 is 4.90 Å². The molecule has 1 saturated heterocycles. The predicted molar refractivity (Wildman–Crippen MR) is 115 cm³/mol. The lowest BCUT2D eigenvalue weighted by Crippen LogP contribution is -2.42. The Morgan fingerprint density at radius 1 is 1.25 bits per heavy atom. The van der Waals surface area contributed by atoms with Crippen LogP contribution in [-0.2, 0) is 0 Å². The van der Waals surface area contributed by atoms with E-state index in [-0.39, 0.29) is 18.0 Å². The largest absolute Gasteiger partial charge is 0.336 e. The molecule has 28 heavy (non-hydrogen) atoms. The standard InChI is InChI=1S/C22H28N4OS/c1-13(2)26-21-19(12-23-26)18(22(27)25-9-7-6-8-14(25)3)11-20(24-21)17-10-15(4)28-16(17)5/h10-14H,6-9H2,1-5H3/t14-/m1/s1. The van der Waals surface area contributed by atoms with Crippen LogP contribution >= 0.6 is 11.3 Å². The van der Waals surface area contributed by atoms with Crippen molar-refractivity contribution in [3.63, 3.8) is 0 Å². The van der Waals surface area contributed by atoms with Gasteiger partial charge in [-0.1, -0.05) is 0 Å². The summed E-state index contributed by atoms with van der Waals surface area (Å²) in [4.78, 5) is 23.0. The number of carbonyl (C=O) groups is 1. The van der Waals surface area contributed by atoms with E-state index < -0.39 is 0 Å². The van der Waals surface area contributed by atoms with Crippen LogP contribution in [0.2, 0.25) is 0 Å². The van der Waals surface area contributed by atoms with Gasteiger partial charge in [0, 0.05) is 33.9 Å². The molecule has 1 aliphatic heterocycles. The molecule has 0 N–H and O–H groups in total. The van der Waals surface area contributed by atoms with Crippen LogP contribution in [0.5, 0.6) is 0 Å². The molecule has 1 atom stereocenters. The van der Waals surface area contributed by atoms with Gasteiger partial charge in [-0.15, -0.1) is 11.3 Å². The van der Waals surface area contributed by atoms with Gasteiger partial charge in [-0.3, -0.25) is 4.79 Å². The lowest BCUT2D eigenvalue weighted by Gasteiger charge is -2.33. The van der Waals surface area contributed by atoms with E-state index in [0.29, 0.717) is 0 Å². The van der Waals surface area contributed by atoms with Crippen LogP contribution in [-0.4, -0.2) is 38.2 Å². The maximum atomic E-state index is 13.5. The van der Waals surface area contributed by atoms with Crippen molar-refractivity contribution < 1.29 is 4.79 Å². The molecule has 0 aromatic carbocycles. The molecule has 0 radical (unpaired) electrons. The number of aryl methyl sites for hydroxylation is 2. The number of amides is 1. The van der Waals surface area contributed by atoms with Gasteiger partial charge in [0.1, 0.15) is 0 Å². The lowest BCUT2D eigenvalue weighted by atomic mass is 10.0. The van der Waals surface area contributed by atoms with Crippen LogP contribution in [0.3, 0.4) is 0 Å². The lowest BCUT2D eigenvalue weighted by molar-refractivity contribution is 0.0637. The summed E-state index contributed by atoms with van der Waals surface area (Å²) in [5.74, 6) is 0.105. The molecule has 3 aromatic rings. The van der Waals surface area contributed by atoms with Crippen molar-refractivity contribution in [2.75, 3.05) is 6.54 Å². The van der Waals surface area contributed by atoms with Crippen molar-refractivity contribution in [2.45, 2.75) is 66.0 Å². The fourth-order valence-corrected chi connectivity index (χ4v) is 5.08. The second-order valence-electron chi connectivity index (χ2n) is 8.15. The summed E-state index contributed by atoms with van der Waals surface area (Å²) in [7, 11) is 0. The second-order valence-corrected chi connectivity index (χ2v) is 9.61. The van der Waals surface area contributed by atoms with E-state index in [1.807, 2.05) is 15.6 Å². The Morgan fingerprint density at radius 2 is 2.04 bits per heavy atom. The number of carbonyl (C=O) groups excluding carboxylic acids is 1. The third-order valence-corrected chi connectivity index (χ3v) is 6.63. The molecule has 1 aliphatic rings. The van der Waals surface area contributed by atoms with Crippen LogP contribution in [0.25, 0.3) is 22.3 Å². The fourth-order valence-electron chi connectivity index (χ4n) is 4.15. The molecule has 0 unspecified atom stereocenters. The number of rotatable bonds is 3. The monoisotopic (exact) mass is 396 g/mol. The van der Waals surface area contributed by atoms with E-state index >= 15 is 0 Å². The first-order valence-electron chi connectivity index (χ1n) is 10.1. The summed E-state index contributed by atoms with van der Waals surface area (Å²) >= 11 is 1.77. The number of piperidine rings is 1. The molecule has 0 spiro atoms. The quantitative estimate of drug-likeness (QED) is 0.598. The Hall–Kier alpha value is -2.21. The van der Waals surface area contributed by atoms with Crippen LogP contribution in [0.15, 0.2) is 18.3 Å². The molecular weight excluding hydrogens is 368 g/mol. The molecule has 0 saturated carbocycles. The van der Waals surface area contributed by atoms with Crippen molar-refractivity contribution in [1.82, 2.24) is 19.7 Å². The highest BCUT2D eigenvalue weighted by molar-refractivity contribution is 7.12. The first-order chi connectivity index (χ1) is 13.4. The van der Waals surface area contributed by atoms with Crippen molar-refractivity contribution in [3.8, 4) is 11.3 Å². The average molecular weight is 397 g/mol. The molecule has 3 aromatic heterocycles. The molecule has 6 heteroatoms. The molecule has 148 valence electrons. The Morgan fingerprint density at radius 3 is 2.68 bits per heavy atom. The Kier molecular flexibility index (Phi) is 5.00. The maximum Gasteiger partial charge on any atom is 0.254 e. The summed E-state index contributed by atoms with van der Waals surface area (Å²) in [5, 5.41) is 5.40. The third kappa shape index (κ3) is 3.24. The van der Waals surface area contributed by atoms with E-state index in [1.165, 1.54) is 16.2 Å². The number of hydrogen-bond donors (Lipinski definition) is 0. The normalized spacial score (nSPS) is 17.6. The van der Waals surface area contributed by atoms with Gasteiger partial charge in [0.15, 0.2) is 5.65 Å². The minimum atomic E-state index is 0.105. The summed E-state index contributed by atoms with van der Waals surface area (Å²) < 4.78 is 1.92. The molecule has 0 aliphatic carbocycles. The first kappa shape index (κ1) is 19.1. The Labute approximate surface area is 170 Å². The van der Waals surface area contributed by atoms with E-state index in [2.05, 4.69) is 45.8 Å². The number of fused-ring (bicyclic) bond motifs is 1. The number of pyridine rings is 1. The minimum absolute atomic E-state index is 0.105. The summed E-state index contributed by atoms with van der Waals surface area (Å²) in [6.45, 7) is 11.4. The van der Waals surface area contributed by atoms with E-state index in [1.54, 1.807) is 17.5 Å². The van der Waals surface area contributed by atoms with Crippen molar-refractivity contribution in [1.29, 1.82) is 0 Å². The number of thiophene rings is 1. The van der Waals surface area contributed by atoms with E-state index in [9.17, 15) is 4.79 Å². The van der Waals surface area contributed by atoms with Crippen LogP contribution < -0.4 is 0 Å². The molecule has 1 amide bonds. The molecule has 4 heterocycles. The third-order valence-electron chi connectivity index (χ3n) is 5.67. The van der Waals surface area contributed by atoms with Gasteiger partial charge in [-0.2, -0.15) is 5.10 Å². The van der Waals surface area contributed by atoms with Gasteiger partial charge in [-0.25, -0.2) is 9.67 Å². The number of nitrogens with zero attached hydrogens (tertiary/aromatic N) is 4. The predicted octanol–water partition coefficient (Wildman–Crippen LogP) is 5.37. The van der Waals surface area contributed by atoms with Gasteiger partial charge in [-0.05, 0) is 66.0 Å². The summed E-state index contributed by atoms with van der Waals surface area (Å²) in [6, 6.07) is 4.61. The first-order valence-corrected chi connectivity index (χ1v) is 10.9. The molecule has 1 fully saturated rings. The SMILES string of the molecule is Cc1cc(-c2cc(C(=O)N3CCCC[C@H]3C)c3cnn(C(C)C)c3n2)c(C)s1.